The van der Waals surface area contributed by atoms with E-state index in [0.29, 0.717) is 70.3 Å². The lowest BCUT2D eigenvalue weighted by molar-refractivity contribution is -0.129. The van der Waals surface area contributed by atoms with Crippen molar-refractivity contribution in [1.29, 1.82) is 0 Å². The van der Waals surface area contributed by atoms with Crippen LogP contribution < -0.4 is 45.5 Å². The third kappa shape index (κ3) is 10.4. The molecule has 2 aliphatic heterocycles. The number of aliphatic imine (C=N–C) groups is 1. The van der Waals surface area contributed by atoms with E-state index in [4.69, 9.17) is 29.7 Å². The second kappa shape index (κ2) is 19.2. The molecule has 5 amide bonds. The number of ether oxygens (including phenoxy) is 4. The number of nitrogens with zero attached hydrogens (tertiary/aromatic N) is 2. The molecule has 2 aliphatic rings. The molecule has 0 aliphatic carbocycles. The minimum Gasteiger partial charge on any atom is -0.493 e. The van der Waals surface area contributed by atoms with Crippen LogP contribution in [0, 0.1) is 13.8 Å². The highest BCUT2D eigenvalue weighted by Gasteiger charge is 2.36. The average molecular weight is 819 g/mol. The van der Waals surface area contributed by atoms with Gasteiger partial charge in [0, 0.05) is 42.9 Å². The van der Waals surface area contributed by atoms with Crippen molar-refractivity contribution in [1.82, 2.24) is 10.6 Å². The summed E-state index contributed by atoms with van der Waals surface area (Å²) in [5.41, 5.74) is 11.8. The van der Waals surface area contributed by atoms with Crippen molar-refractivity contribution < 1.29 is 42.9 Å². The van der Waals surface area contributed by atoms with Crippen molar-refractivity contribution in [2.24, 2.45) is 10.7 Å². The van der Waals surface area contributed by atoms with E-state index in [0.717, 1.165) is 22.4 Å². The Labute approximate surface area is 348 Å². The van der Waals surface area contributed by atoms with Gasteiger partial charge in [0.2, 0.25) is 23.6 Å². The zero-order chi connectivity index (χ0) is 42.9. The summed E-state index contributed by atoms with van der Waals surface area (Å²) in [6.07, 6.45) is 3.70. The van der Waals surface area contributed by atoms with Crippen LogP contribution in [0.15, 0.2) is 71.7 Å². The molecule has 5 N–H and O–H groups in total. The van der Waals surface area contributed by atoms with Crippen LogP contribution in [0.5, 0.6) is 23.0 Å². The van der Waals surface area contributed by atoms with Gasteiger partial charge < -0.3 is 40.6 Å². The van der Waals surface area contributed by atoms with E-state index in [-0.39, 0.29) is 50.5 Å². The number of rotatable bonds is 18. The van der Waals surface area contributed by atoms with Gasteiger partial charge in [-0.3, -0.25) is 33.9 Å². The Morgan fingerprint density at radius 3 is 2.15 bits per heavy atom. The SMILES string of the molecule is COc1cc(C)c(C)cc1OCc1cc(COc2cc3c(cc2OC)C(=O)N2c4ccccc4C[C@H]2C=N3)cc(NC(=O)CNC(=O)[C@H](C)NC(=O)CCCCC(N)=O)c1. The first-order valence-electron chi connectivity index (χ1n) is 19.7. The van der Waals surface area contributed by atoms with Crippen LogP contribution >= 0.6 is 0 Å². The second-order valence-corrected chi connectivity index (χ2v) is 14.8. The topological polar surface area (TPSA) is 200 Å². The summed E-state index contributed by atoms with van der Waals surface area (Å²) in [4.78, 5) is 69.4. The van der Waals surface area contributed by atoms with Gasteiger partial charge in [0.25, 0.3) is 5.91 Å². The van der Waals surface area contributed by atoms with Crippen LogP contribution in [0.4, 0.5) is 17.1 Å². The highest BCUT2D eigenvalue weighted by molar-refractivity contribution is 6.14. The van der Waals surface area contributed by atoms with Crippen molar-refractivity contribution in [2.75, 3.05) is 31.0 Å². The number of carbonyl (C=O) groups is 5. The monoisotopic (exact) mass is 818 g/mol. The molecule has 0 fully saturated rings. The number of hydrogen-bond acceptors (Lipinski definition) is 10. The van der Waals surface area contributed by atoms with Crippen molar-refractivity contribution in [2.45, 2.75) is 78.2 Å². The highest BCUT2D eigenvalue weighted by Crippen LogP contribution is 2.41. The van der Waals surface area contributed by atoms with Crippen molar-refractivity contribution in [3.05, 3.63) is 100 Å². The molecule has 0 spiro atoms. The van der Waals surface area contributed by atoms with Gasteiger partial charge in [-0.05, 0) is 104 Å². The lowest BCUT2D eigenvalue weighted by atomic mass is 10.1. The molecule has 60 heavy (non-hydrogen) atoms. The fraction of sp³-hybridized carbons (Fsp3) is 0.333. The maximum absolute atomic E-state index is 13.9. The number of fused-ring (bicyclic) bond motifs is 4. The second-order valence-electron chi connectivity index (χ2n) is 14.8. The average Bonchev–Trinajstić information content (AvgIpc) is 3.54. The van der Waals surface area contributed by atoms with E-state index in [1.165, 1.54) is 14.0 Å². The predicted octanol–water partition coefficient (Wildman–Crippen LogP) is 5.37. The fourth-order valence-electron chi connectivity index (χ4n) is 7.04. The molecule has 314 valence electrons. The summed E-state index contributed by atoms with van der Waals surface area (Å²) < 4.78 is 23.8. The van der Waals surface area contributed by atoms with E-state index in [1.807, 2.05) is 56.3 Å². The van der Waals surface area contributed by atoms with E-state index < -0.39 is 23.8 Å². The summed E-state index contributed by atoms with van der Waals surface area (Å²) in [5.74, 6) is -0.171. The van der Waals surface area contributed by atoms with Crippen molar-refractivity contribution in [3.63, 3.8) is 0 Å². The number of anilines is 2. The van der Waals surface area contributed by atoms with Crippen LogP contribution in [0.1, 0.15) is 70.8 Å². The summed E-state index contributed by atoms with van der Waals surface area (Å²) in [6, 6.07) is 19.2. The number of carbonyl (C=O) groups excluding carboxylic acids is 5. The van der Waals surface area contributed by atoms with Gasteiger partial charge in [0.05, 0.1) is 38.1 Å². The quantitative estimate of drug-likeness (QED) is 0.0954. The first-order valence-corrected chi connectivity index (χ1v) is 19.7. The van der Waals surface area contributed by atoms with Gasteiger partial charge in [-0.25, -0.2) is 0 Å². The van der Waals surface area contributed by atoms with Gasteiger partial charge in [0.1, 0.15) is 19.3 Å². The Bertz CT molecular complexity index is 2330. The van der Waals surface area contributed by atoms with E-state index >= 15 is 0 Å². The first kappa shape index (κ1) is 42.7. The Kier molecular flexibility index (Phi) is 13.7. The third-order valence-corrected chi connectivity index (χ3v) is 10.3. The molecule has 15 heteroatoms. The molecule has 0 aromatic heterocycles. The summed E-state index contributed by atoms with van der Waals surface area (Å²) in [5, 5.41) is 7.99. The molecule has 0 saturated carbocycles. The number of primary amides is 1. The zero-order valence-electron chi connectivity index (χ0n) is 34.4. The number of hydrogen-bond donors (Lipinski definition) is 4. The number of amides is 5. The maximum Gasteiger partial charge on any atom is 0.261 e. The Balaban J connectivity index is 1.16. The molecule has 0 radical (unpaired) electrons. The van der Waals surface area contributed by atoms with Gasteiger partial charge in [-0.15, -0.1) is 0 Å². The zero-order valence-corrected chi connectivity index (χ0v) is 34.4. The van der Waals surface area contributed by atoms with Crippen molar-refractivity contribution >= 4 is 52.8 Å². The van der Waals surface area contributed by atoms with Crippen LogP contribution in [0.25, 0.3) is 0 Å². The number of nitrogens with two attached hydrogens (primary N) is 1. The molecular weight excluding hydrogens is 769 g/mol. The van der Waals surface area contributed by atoms with E-state index in [2.05, 4.69) is 16.0 Å². The molecule has 2 heterocycles. The number of aryl methyl sites for hydroxylation is 2. The van der Waals surface area contributed by atoms with Gasteiger partial charge >= 0.3 is 0 Å². The van der Waals surface area contributed by atoms with Gasteiger partial charge in [-0.1, -0.05) is 18.2 Å². The summed E-state index contributed by atoms with van der Waals surface area (Å²) in [6.45, 7) is 5.28. The fourth-order valence-corrected chi connectivity index (χ4v) is 7.04. The number of para-hydroxylation sites is 1. The Hall–Kier alpha value is -6.90. The Morgan fingerprint density at radius 1 is 0.833 bits per heavy atom. The third-order valence-electron chi connectivity index (χ3n) is 10.3. The molecule has 4 aromatic rings. The minimum atomic E-state index is -0.893. The number of benzene rings is 4. The van der Waals surface area contributed by atoms with Crippen LogP contribution in [-0.2, 0) is 38.8 Å². The van der Waals surface area contributed by atoms with Crippen LogP contribution in [0.2, 0.25) is 0 Å². The van der Waals surface area contributed by atoms with Crippen LogP contribution in [0.3, 0.4) is 0 Å². The lowest BCUT2D eigenvalue weighted by Gasteiger charge is -2.22. The first-order chi connectivity index (χ1) is 28.8. The number of unbranched alkanes of at least 4 members (excludes halogenated alkanes) is 1. The molecule has 6 rings (SSSR count). The normalized spacial score (nSPS) is 14.2. The highest BCUT2D eigenvalue weighted by atomic mass is 16.5. The van der Waals surface area contributed by atoms with Gasteiger partial charge in [-0.2, -0.15) is 0 Å². The van der Waals surface area contributed by atoms with Crippen LogP contribution in [-0.4, -0.2) is 68.6 Å². The maximum atomic E-state index is 13.9. The minimum absolute atomic E-state index is 0.0368. The lowest BCUT2D eigenvalue weighted by Crippen LogP contribution is -2.46. The standard InChI is InChI=1S/C45H50N6O9/c1-26-14-37(57-4)39(15-27(26)2)59-24-29-16-30(18-32(17-29)50-43(54)23-48-44(55)28(3)49-42(53)13-9-8-12-41(46)52)25-60-40-21-35-34(20-38(40)58-5)45(56)51-33(22-47-35)19-31-10-6-7-11-36(31)51/h6-7,10-11,14-18,20-22,28,33H,8-9,12-13,19,23-25H2,1-5H3,(H2,46,52)(H,48,55)(H,49,53)(H,50,54)/t28-,33-/m0/s1. The predicted molar refractivity (Wildman–Crippen MR) is 226 cm³/mol. The molecule has 0 bridgehead atoms. The molecule has 0 unspecified atom stereocenters. The largest absolute Gasteiger partial charge is 0.493 e. The molecule has 2 atom stereocenters. The number of methoxy groups -OCH3 is 2. The Morgan fingerprint density at radius 2 is 1.47 bits per heavy atom. The van der Waals surface area contributed by atoms with E-state index in [9.17, 15) is 24.0 Å². The molecule has 0 saturated heterocycles. The smallest absolute Gasteiger partial charge is 0.261 e. The summed E-state index contributed by atoms with van der Waals surface area (Å²) >= 11 is 0. The molecule has 4 aromatic carbocycles. The molecular formula is C45H50N6O9. The summed E-state index contributed by atoms with van der Waals surface area (Å²) in [7, 11) is 3.08. The van der Waals surface area contributed by atoms with Crippen molar-refractivity contribution in [3.8, 4) is 23.0 Å². The number of nitrogens with one attached hydrogen (secondary N) is 3. The molecule has 15 nitrogen and oxygen atoms in total. The van der Waals surface area contributed by atoms with E-state index in [1.54, 1.807) is 42.5 Å². The van der Waals surface area contributed by atoms with Gasteiger partial charge in [0.15, 0.2) is 23.0 Å².